The van der Waals surface area contributed by atoms with Crippen LogP contribution in [0.25, 0.3) is 0 Å². The quantitative estimate of drug-likeness (QED) is 0.893. The molecule has 0 bridgehead atoms. The Bertz CT molecular complexity index is 522. The summed E-state index contributed by atoms with van der Waals surface area (Å²) in [4.78, 5) is 21.0. The van der Waals surface area contributed by atoms with Crippen LogP contribution in [0.4, 0.5) is 4.79 Å². The van der Waals surface area contributed by atoms with E-state index in [2.05, 4.69) is 27.3 Å². The second-order valence-electron chi connectivity index (χ2n) is 7.57. The highest BCUT2D eigenvalue weighted by Crippen LogP contribution is 2.19. The van der Waals surface area contributed by atoms with Crippen LogP contribution in [0, 0.1) is 0 Å². The number of aromatic nitrogens is 1. The number of nitrogens with one attached hydrogen (secondary N) is 1. The Kier molecular flexibility index (Phi) is 6.68. The molecule has 1 saturated heterocycles. The number of nitrogens with zero attached hydrogens (tertiary/aromatic N) is 3. The lowest BCUT2D eigenvalue weighted by Gasteiger charge is -2.37. The first-order chi connectivity index (χ1) is 12.2. The zero-order valence-corrected chi connectivity index (χ0v) is 15.5. The van der Waals surface area contributed by atoms with Gasteiger partial charge in [0.2, 0.25) is 0 Å². The maximum Gasteiger partial charge on any atom is 0.317 e. The molecule has 1 aromatic heterocycles. The number of carbonyl (C=O) groups is 1. The van der Waals surface area contributed by atoms with E-state index in [1.54, 1.807) is 0 Å². The Morgan fingerprint density at radius 3 is 2.52 bits per heavy atom. The number of hydrogen-bond donors (Lipinski definition) is 1. The Morgan fingerprint density at radius 2 is 1.84 bits per heavy atom. The van der Waals surface area contributed by atoms with Crippen molar-refractivity contribution in [3.8, 4) is 0 Å². The molecule has 138 valence electrons. The van der Waals surface area contributed by atoms with E-state index in [1.165, 1.54) is 24.8 Å². The lowest BCUT2D eigenvalue weighted by atomic mass is 9.95. The maximum absolute atomic E-state index is 12.5. The monoisotopic (exact) mass is 344 g/mol. The summed E-state index contributed by atoms with van der Waals surface area (Å²) in [6.07, 6.45) is 13.1. The molecule has 2 fully saturated rings. The predicted octanol–water partition coefficient (Wildman–Crippen LogP) is 3.06. The third kappa shape index (κ3) is 5.43. The van der Waals surface area contributed by atoms with Gasteiger partial charge in [0.1, 0.15) is 0 Å². The van der Waals surface area contributed by atoms with Gasteiger partial charge in [-0.3, -0.25) is 4.98 Å². The van der Waals surface area contributed by atoms with Crippen molar-refractivity contribution in [2.24, 2.45) is 0 Å². The molecule has 1 aromatic rings. The van der Waals surface area contributed by atoms with Crippen molar-refractivity contribution in [2.75, 3.05) is 26.7 Å². The molecule has 2 aliphatic rings. The highest BCUT2D eigenvalue weighted by atomic mass is 16.2. The van der Waals surface area contributed by atoms with Gasteiger partial charge in [0.15, 0.2) is 0 Å². The summed E-state index contributed by atoms with van der Waals surface area (Å²) < 4.78 is 0. The van der Waals surface area contributed by atoms with Crippen LogP contribution in [-0.2, 0) is 6.42 Å². The zero-order valence-electron chi connectivity index (χ0n) is 15.5. The normalized spacial score (nSPS) is 20.4. The lowest BCUT2D eigenvalue weighted by molar-refractivity contribution is 0.132. The van der Waals surface area contributed by atoms with Gasteiger partial charge < -0.3 is 15.1 Å². The average Bonchev–Trinajstić information content (AvgIpc) is 2.68. The van der Waals surface area contributed by atoms with E-state index in [4.69, 9.17) is 0 Å². The van der Waals surface area contributed by atoms with Gasteiger partial charge in [-0.05, 0) is 49.8 Å². The molecule has 0 atom stereocenters. The van der Waals surface area contributed by atoms with E-state index in [-0.39, 0.29) is 6.03 Å². The van der Waals surface area contributed by atoms with Crippen molar-refractivity contribution in [1.29, 1.82) is 0 Å². The molecule has 1 N–H and O–H groups in total. The van der Waals surface area contributed by atoms with Crippen molar-refractivity contribution in [1.82, 2.24) is 20.1 Å². The highest BCUT2D eigenvalue weighted by molar-refractivity contribution is 5.74. The molecular formula is C20H32N4O. The molecular weight excluding hydrogens is 312 g/mol. The fourth-order valence-corrected chi connectivity index (χ4v) is 4.06. The molecule has 2 amide bonds. The molecule has 0 radical (unpaired) electrons. The van der Waals surface area contributed by atoms with Crippen LogP contribution < -0.4 is 5.32 Å². The molecule has 0 unspecified atom stereocenters. The van der Waals surface area contributed by atoms with Crippen LogP contribution in [0.15, 0.2) is 24.5 Å². The van der Waals surface area contributed by atoms with Crippen LogP contribution in [-0.4, -0.2) is 59.6 Å². The summed E-state index contributed by atoms with van der Waals surface area (Å²) in [5.41, 5.74) is 1.35. The number of likely N-dealkylation sites (tertiary alicyclic amines) is 1. The Labute approximate surface area is 151 Å². The Balaban J connectivity index is 1.38. The fourth-order valence-electron chi connectivity index (χ4n) is 4.06. The molecule has 2 heterocycles. The molecule has 5 nitrogen and oxygen atoms in total. The molecule has 0 aromatic carbocycles. The van der Waals surface area contributed by atoms with E-state index in [1.807, 2.05) is 24.3 Å². The van der Waals surface area contributed by atoms with Gasteiger partial charge in [-0.25, -0.2) is 4.79 Å². The minimum absolute atomic E-state index is 0.127. The summed E-state index contributed by atoms with van der Waals surface area (Å²) >= 11 is 0. The smallest absolute Gasteiger partial charge is 0.317 e. The molecule has 1 saturated carbocycles. The summed E-state index contributed by atoms with van der Waals surface area (Å²) in [5, 5.41) is 3.24. The molecule has 1 aliphatic heterocycles. The molecule has 1 aliphatic carbocycles. The van der Waals surface area contributed by atoms with E-state index in [0.717, 1.165) is 51.7 Å². The van der Waals surface area contributed by atoms with Crippen molar-refractivity contribution in [2.45, 2.75) is 63.5 Å². The minimum Gasteiger partial charge on any atom is -0.335 e. The van der Waals surface area contributed by atoms with Gasteiger partial charge in [0, 0.05) is 51.2 Å². The fraction of sp³-hybridized carbons (Fsp3) is 0.700. The summed E-state index contributed by atoms with van der Waals surface area (Å²) in [7, 11) is 1.97. The number of amides is 2. The third-order valence-electron chi connectivity index (χ3n) is 5.82. The number of carbonyl (C=O) groups excluding carboxylic acids is 1. The van der Waals surface area contributed by atoms with E-state index >= 15 is 0 Å². The first kappa shape index (κ1) is 18.2. The topological polar surface area (TPSA) is 48.5 Å². The van der Waals surface area contributed by atoms with Gasteiger partial charge in [-0.15, -0.1) is 0 Å². The summed E-state index contributed by atoms with van der Waals surface area (Å²) in [5.74, 6) is 0. The maximum atomic E-state index is 12.5. The van der Waals surface area contributed by atoms with Gasteiger partial charge in [0.25, 0.3) is 0 Å². The Morgan fingerprint density at radius 1 is 1.16 bits per heavy atom. The molecule has 0 spiro atoms. The number of rotatable bonds is 5. The molecule has 3 rings (SSSR count). The van der Waals surface area contributed by atoms with Gasteiger partial charge in [-0.2, -0.15) is 0 Å². The van der Waals surface area contributed by atoms with Crippen LogP contribution in [0.2, 0.25) is 0 Å². The number of pyridine rings is 1. The van der Waals surface area contributed by atoms with E-state index in [0.29, 0.717) is 12.1 Å². The minimum atomic E-state index is 0.127. The SMILES string of the molecule is CN(C(=O)NC1CCCCC1)C1CCN(CCc2ccncc2)CC1. The van der Waals surface area contributed by atoms with Gasteiger partial charge >= 0.3 is 6.03 Å². The first-order valence-corrected chi connectivity index (χ1v) is 9.87. The van der Waals surface area contributed by atoms with Gasteiger partial charge in [-0.1, -0.05) is 19.3 Å². The van der Waals surface area contributed by atoms with Crippen LogP contribution in [0.5, 0.6) is 0 Å². The highest BCUT2D eigenvalue weighted by Gasteiger charge is 2.26. The van der Waals surface area contributed by atoms with Crippen molar-refractivity contribution in [3.05, 3.63) is 30.1 Å². The van der Waals surface area contributed by atoms with E-state index < -0.39 is 0 Å². The molecule has 5 heteroatoms. The second-order valence-corrected chi connectivity index (χ2v) is 7.57. The zero-order chi connectivity index (χ0) is 17.5. The number of piperidine rings is 1. The van der Waals surface area contributed by atoms with Gasteiger partial charge in [0.05, 0.1) is 0 Å². The van der Waals surface area contributed by atoms with Crippen molar-refractivity contribution >= 4 is 6.03 Å². The summed E-state index contributed by atoms with van der Waals surface area (Å²) in [6.45, 7) is 3.25. The second kappa shape index (κ2) is 9.18. The lowest BCUT2D eigenvalue weighted by Crippen LogP contribution is -2.51. The van der Waals surface area contributed by atoms with Crippen LogP contribution >= 0.6 is 0 Å². The van der Waals surface area contributed by atoms with Crippen molar-refractivity contribution < 1.29 is 4.79 Å². The van der Waals surface area contributed by atoms with Crippen LogP contribution in [0.1, 0.15) is 50.5 Å². The first-order valence-electron chi connectivity index (χ1n) is 9.87. The predicted molar refractivity (Wildman–Crippen MR) is 101 cm³/mol. The van der Waals surface area contributed by atoms with Crippen molar-refractivity contribution in [3.63, 3.8) is 0 Å². The number of urea groups is 1. The van der Waals surface area contributed by atoms with E-state index in [9.17, 15) is 4.79 Å². The standard InChI is InChI=1S/C20H32N4O/c1-23(20(25)22-18-5-3-2-4-6-18)19-10-15-24(16-11-19)14-9-17-7-12-21-13-8-17/h7-8,12-13,18-19H,2-6,9-11,14-16H2,1H3,(H,22,25). The third-order valence-corrected chi connectivity index (χ3v) is 5.82. The summed E-state index contributed by atoms with van der Waals surface area (Å²) in [6, 6.07) is 5.08. The average molecular weight is 345 g/mol. The Hall–Kier alpha value is -1.62. The molecule has 25 heavy (non-hydrogen) atoms. The van der Waals surface area contributed by atoms with Crippen LogP contribution in [0.3, 0.4) is 0 Å². The number of hydrogen-bond acceptors (Lipinski definition) is 3. The largest absolute Gasteiger partial charge is 0.335 e.